The van der Waals surface area contributed by atoms with Crippen molar-refractivity contribution in [2.24, 2.45) is 0 Å². The first-order chi connectivity index (χ1) is 11.6. The number of rotatable bonds is 5. The molecule has 0 fully saturated rings. The van der Waals surface area contributed by atoms with Gasteiger partial charge in [0.25, 0.3) is 5.56 Å². The highest BCUT2D eigenvalue weighted by Gasteiger charge is 2.11. The average Bonchev–Trinajstić information content (AvgIpc) is 2.94. The summed E-state index contributed by atoms with van der Waals surface area (Å²) in [6, 6.07) is 7.99. The third kappa shape index (κ3) is 3.43. The molecule has 7 nitrogen and oxygen atoms in total. The zero-order valence-corrected chi connectivity index (χ0v) is 14.0. The predicted octanol–water partition coefficient (Wildman–Crippen LogP) is 2.22. The number of ether oxygens (including phenoxy) is 2. The Labute approximate surface area is 141 Å². The number of aromatic nitrogens is 3. The number of hydrogen-bond donors (Lipinski definition) is 0. The van der Waals surface area contributed by atoms with E-state index in [1.165, 1.54) is 21.9 Å². The van der Waals surface area contributed by atoms with Crippen LogP contribution in [-0.4, -0.2) is 27.2 Å². The number of aryl methyl sites for hydroxylation is 1. The third-order valence-electron chi connectivity index (χ3n) is 3.15. The molecule has 0 unspecified atom stereocenters. The van der Waals surface area contributed by atoms with Crippen LogP contribution in [-0.2, 0) is 11.3 Å². The molecule has 24 heavy (non-hydrogen) atoms. The SMILES string of the molecule is CCOc1ccc(C(=O)OCc2cc(=O)n3nc(C)sc3n2)cc1. The van der Waals surface area contributed by atoms with Gasteiger partial charge in [0.1, 0.15) is 17.4 Å². The highest BCUT2D eigenvalue weighted by Crippen LogP contribution is 2.14. The zero-order chi connectivity index (χ0) is 17.1. The summed E-state index contributed by atoms with van der Waals surface area (Å²) in [5, 5.41) is 4.80. The molecule has 8 heteroatoms. The molecule has 0 spiro atoms. The van der Waals surface area contributed by atoms with Crippen LogP contribution >= 0.6 is 11.3 Å². The minimum Gasteiger partial charge on any atom is -0.494 e. The van der Waals surface area contributed by atoms with Gasteiger partial charge < -0.3 is 9.47 Å². The monoisotopic (exact) mass is 345 g/mol. The molecule has 0 atom stereocenters. The second-order valence-electron chi connectivity index (χ2n) is 4.93. The maximum Gasteiger partial charge on any atom is 0.338 e. The lowest BCUT2D eigenvalue weighted by molar-refractivity contribution is 0.0467. The average molecular weight is 345 g/mol. The van der Waals surface area contributed by atoms with E-state index in [4.69, 9.17) is 9.47 Å². The third-order valence-corrected chi connectivity index (χ3v) is 3.98. The van der Waals surface area contributed by atoms with Crippen molar-refractivity contribution >= 4 is 22.3 Å². The van der Waals surface area contributed by atoms with Crippen LogP contribution in [0.1, 0.15) is 28.0 Å². The van der Waals surface area contributed by atoms with Crippen molar-refractivity contribution in [3.63, 3.8) is 0 Å². The summed E-state index contributed by atoms with van der Waals surface area (Å²) >= 11 is 1.30. The molecule has 0 bridgehead atoms. The Kier molecular flexibility index (Phi) is 4.57. The van der Waals surface area contributed by atoms with E-state index in [0.29, 0.717) is 28.6 Å². The molecule has 0 aliphatic rings. The van der Waals surface area contributed by atoms with Crippen molar-refractivity contribution in [3.8, 4) is 5.75 Å². The van der Waals surface area contributed by atoms with E-state index in [2.05, 4.69) is 10.1 Å². The summed E-state index contributed by atoms with van der Waals surface area (Å²) in [5.74, 6) is 0.204. The predicted molar refractivity (Wildman–Crippen MR) is 88.6 cm³/mol. The molecule has 0 amide bonds. The summed E-state index contributed by atoms with van der Waals surface area (Å²) in [6.07, 6.45) is 0. The molecule has 0 aliphatic carbocycles. The van der Waals surface area contributed by atoms with Gasteiger partial charge in [0, 0.05) is 6.07 Å². The fraction of sp³-hybridized carbons (Fsp3) is 0.250. The van der Waals surface area contributed by atoms with Gasteiger partial charge in [0.15, 0.2) is 0 Å². The van der Waals surface area contributed by atoms with Crippen LogP contribution in [0.4, 0.5) is 0 Å². The Morgan fingerprint density at radius 3 is 2.75 bits per heavy atom. The summed E-state index contributed by atoms with van der Waals surface area (Å²) in [7, 11) is 0. The van der Waals surface area contributed by atoms with Crippen molar-refractivity contribution in [3.05, 3.63) is 57.0 Å². The lowest BCUT2D eigenvalue weighted by Crippen LogP contribution is -2.16. The zero-order valence-electron chi connectivity index (χ0n) is 13.2. The van der Waals surface area contributed by atoms with E-state index in [9.17, 15) is 9.59 Å². The van der Waals surface area contributed by atoms with Gasteiger partial charge in [0.2, 0.25) is 4.96 Å². The van der Waals surface area contributed by atoms with E-state index >= 15 is 0 Å². The second kappa shape index (κ2) is 6.79. The van der Waals surface area contributed by atoms with Gasteiger partial charge in [-0.2, -0.15) is 9.61 Å². The van der Waals surface area contributed by atoms with Crippen molar-refractivity contribution in [2.45, 2.75) is 20.5 Å². The lowest BCUT2D eigenvalue weighted by atomic mass is 10.2. The van der Waals surface area contributed by atoms with Crippen LogP contribution in [0, 0.1) is 6.92 Å². The summed E-state index contributed by atoms with van der Waals surface area (Å²) in [5.41, 5.74) is 0.504. The molecular weight excluding hydrogens is 330 g/mol. The number of benzene rings is 1. The Balaban J connectivity index is 1.70. The molecule has 0 saturated carbocycles. The van der Waals surface area contributed by atoms with Crippen LogP contribution in [0.5, 0.6) is 5.75 Å². The largest absolute Gasteiger partial charge is 0.494 e. The second-order valence-corrected chi connectivity index (χ2v) is 6.09. The van der Waals surface area contributed by atoms with Crippen LogP contribution in [0.2, 0.25) is 0 Å². The standard InChI is InChI=1S/C16H15N3O4S/c1-3-22-13-6-4-11(5-7-13)15(21)23-9-12-8-14(20)19-16(17-12)24-10(2)18-19/h4-8H,3,9H2,1-2H3. The number of esters is 1. The first kappa shape index (κ1) is 16.1. The van der Waals surface area contributed by atoms with Gasteiger partial charge in [-0.1, -0.05) is 11.3 Å². The number of nitrogens with zero attached hydrogens (tertiary/aromatic N) is 3. The van der Waals surface area contributed by atoms with Gasteiger partial charge in [-0.25, -0.2) is 9.78 Å². The molecule has 124 valence electrons. The van der Waals surface area contributed by atoms with Crippen LogP contribution in [0.3, 0.4) is 0 Å². The van der Waals surface area contributed by atoms with Gasteiger partial charge in [-0.15, -0.1) is 0 Å². The highest BCUT2D eigenvalue weighted by molar-refractivity contribution is 7.16. The quantitative estimate of drug-likeness (QED) is 0.659. The molecule has 3 rings (SSSR count). The first-order valence-electron chi connectivity index (χ1n) is 7.33. The molecule has 3 aromatic rings. The van der Waals surface area contributed by atoms with Gasteiger partial charge in [-0.05, 0) is 38.1 Å². The van der Waals surface area contributed by atoms with E-state index in [1.807, 2.05) is 6.92 Å². The Hall–Kier alpha value is -2.74. The number of carbonyl (C=O) groups is 1. The summed E-state index contributed by atoms with van der Waals surface area (Å²) < 4.78 is 11.8. The van der Waals surface area contributed by atoms with E-state index in [1.54, 1.807) is 31.2 Å². The molecule has 0 saturated heterocycles. The summed E-state index contributed by atoms with van der Waals surface area (Å²) in [6.45, 7) is 4.17. The lowest BCUT2D eigenvalue weighted by Gasteiger charge is -2.06. The van der Waals surface area contributed by atoms with Gasteiger partial charge in [-0.3, -0.25) is 4.79 Å². The van der Waals surface area contributed by atoms with Crippen molar-refractivity contribution in [2.75, 3.05) is 6.61 Å². The van der Waals surface area contributed by atoms with E-state index < -0.39 is 5.97 Å². The molecule has 0 N–H and O–H groups in total. The van der Waals surface area contributed by atoms with Gasteiger partial charge in [0.05, 0.1) is 17.9 Å². The Morgan fingerprint density at radius 1 is 1.29 bits per heavy atom. The van der Waals surface area contributed by atoms with E-state index in [-0.39, 0.29) is 12.2 Å². The topological polar surface area (TPSA) is 82.8 Å². The summed E-state index contributed by atoms with van der Waals surface area (Å²) in [4.78, 5) is 28.8. The minimum atomic E-state index is -0.486. The molecule has 2 heterocycles. The van der Waals surface area contributed by atoms with E-state index in [0.717, 1.165) is 5.01 Å². The van der Waals surface area contributed by atoms with Crippen molar-refractivity contribution in [1.82, 2.24) is 14.6 Å². The number of fused-ring (bicyclic) bond motifs is 1. The fourth-order valence-corrected chi connectivity index (χ4v) is 2.87. The first-order valence-corrected chi connectivity index (χ1v) is 8.15. The maximum absolute atomic E-state index is 12.1. The highest BCUT2D eigenvalue weighted by atomic mass is 32.1. The Bertz CT molecular complexity index is 931. The Morgan fingerprint density at radius 2 is 2.04 bits per heavy atom. The minimum absolute atomic E-state index is 0.0747. The molecule has 0 radical (unpaired) electrons. The van der Waals surface area contributed by atoms with Gasteiger partial charge >= 0.3 is 5.97 Å². The van der Waals surface area contributed by atoms with Crippen molar-refractivity contribution < 1.29 is 14.3 Å². The normalized spacial score (nSPS) is 10.8. The van der Waals surface area contributed by atoms with Crippen LogP contribution in [0.15, 0.2) is 35.1 Å². The molecule has 2 aromatic heterocycles. The molecule has 0 aliphatic heterocycles. The van der Waals surface area contributed by atoms with Crippen LogP contribution in [0.25, 0.3) is 4.96 Å². The van der Waals surface area contributed by atoms with Crippen LogP contribution < -0.4 is 10.3 Å². The number of carbonyl (C=O) groups excluding carboxylic acids is 1. The molecule has 1 aromatic carbocycles. The van der Waals surface area contributed by atoms with Crippen molar-refractivity contribution in [1.29, 1.82) is 0 Å². The smallest absolute Gasteiger partial charge is 0.338 e. The fourth-order valence-electron chi connectivity index (χ4n) is 2.10. The molecular formula is C16H15N3O4S. The number of hydrogen-bond acceptors (Lipinski definition) is 7. The maximum atomic E-state index is 12.1.